The summed E-state index contributed by atoms with van der Waals surface area (Å²) in [5, 5.41) is 0. The minimum absolute atomic E-state index is 0.173. The third-order valence-electron chi connectivity index (χ3n) is 2.82. The summed E-state index contributed by atoms with van der Waals surface area (Å²) in [5.74, 6) is 0.173. The Morgan fingerprint density at radius 1 is 1.28 bits per heavy atom. The van der Waals surface area contributed by atoms with Gasteiger partial charge in [-0.05, 0) is 31.9 Å². The molecule has 0 aliphatic rings. The van der Waals surface area contributed by atoms with E-state index in [1.165, 1.54) is 4.31 Å². The Kier molecular flexibility index (Phi) is 5.78. The summed E-state index contributed by atoms with van der Waals surface area (Å²) in [6.45, 7) is 2.96. The van der Waals surface area contributed by atoms with Gasteiger partial charge in [-0.25, -0.2) is 12.7 Å². The molecule has 0 fully saturated rings. The number of rotatable bonds is 7. The van der Waals surface area contributed by atoms with E-state index in [1.54, 1.807) is 7.05 Å². The molecule has 0 aromatic heterocycles. The van der Waals surface area contributed by atoms with Gasteiger partial charge >= 0.3 is 0 Å². The molecule has 18 heavy (non-hydrogen) atoms. The second-order valence-electron chi connectivity index (χ2n) is 4.56. The molecule has 0 saturated heterocycles. The summed E-state index contributed by atoms with van der Waals surface area (Å²) in [6.07, 6.45) is 1.37. The highest BCUT2D eigenvalue weighted by molar-refractivity contribution is 7.89. The first-order chi connectivity index (χ1) is 8.45. The molecular formula is C13H22N2O2S. The van der Waals surface area contributed by atoms with Crippen LogP contribution in [0, 0.1) is 6.92 Å². The summed E-state index contributed by atoms with van der Waals surface area (Å²) in [5.41, 5.74) is 7.52. The highest BCUT2D eigenvalue weighted by Gasteiger charge is 2.17. The van der Waals surface area contributed by atoms with Gasteiger partial charge in [0, 0.05) is 13.6 Å². The Bertz CT molecular complexity index is 472. The molecule has 1 aromatic rings. The van der Waals surface area contributed by atoms with Gasteiger partial charge in [-0.1, -0.05) is 29.8 Å². The molecular weight excluding hydrogens is 248 g/mol. The second kappa shape index (κ2) is 6.87. The Labute approximate surface area is 110 Å². The number of benzene rings is 1. The predicted octanol–water partition coefficient (Wildman–Crippen LogP) is 1.50. The number of nitrogens with zero attached hydrogens (tertiary/aromatic N) is 1. The third-order valence-corrected chi connectivity index (χ3v) is 4.70. The molecule has 0 unspecified atom stereocenters. The average Bonchev–Trinajstić information content (AvgIpc) is 2.29. The van der Waals surface area contributed by atoms with E-state index in [0.717, 1.165) is 17.5 Å². The van der Waals surface area contributed by atoms with E-state index in [0.29, 0.717) is 19.5 Å². The fourth-order valence-electron chi connectivity index (χ4n) is 1.75. The lowest BCUT2D eigenvalue weighted by Gasteiger charge is -2.17. The Balaban J connectivity index is 2.61. The molecule has 0 atom stereocenters. The van der Waals surface area contributed by atoms with Crippen LogP contribution in [0.5, 0.6) is 0 Å². The van der Waals surface area contributed by atoms with E-state index < -0.39 is 10.0 Å². The number of aryl methyl sites for hydroxylation is 1. The van der Waals surface area contributed by atoms with Gasteiger partial charge in [0.05, 0.1) is 5.75 Å². The van der Waals surface area contributed by atoms with E-state index >= 15 is 0 Å². The van der Waals surface area contributed by atoms with Crippen molar-refractivity contribution < 1.29 is 8.42 Å². The van der Waals surface area contributed by atoms with Crippen LogP contribution < -0.4 is 5.73 Å². The first-order valence-electron chi connectivity index (χ1n) is 6.15. The van der Waals surface area contributed by atoms with Crippen molar-refractivity contribution >= 4 is 10.0 Å². The molecule has 0 bridgehead atoms. The largest absolute Gasteiger partial charge is 0.330 e. The van der Waals surface area contributed by atoms with Crippen LogP contribution in [0.15, 0.2) is 24.3 Å². The van der Waals surface area contributed by atoms with Crippen molar-refractivity contribution in [2.24, 2.45) is 5.73 Å². The van der Waals surface area contributed by atoms with Gasteiger partial charge in [0.2, 0.25) is 10.0 Å². The molecule has 0 amide bonds. The first-order valence-corrected chi connectivity index (χ1v) is 7.76. The summed E-state index contributed by atoms with van der Waals surface area (Å²) < 4.78 is 25.4. The molecule has 4 nitrogen and oxygen atoms in total. The minimum Gasteiger partial charge on any atom is -0.330 e. The van der Waals surface area contributed by atoms with E-state index in [1.807, 2.05) is 31.2 Å². The fraction of sp³-hybridized carbons (Fsp3) is 0.538. The Hall–Kier alpha value is -0.910. The molecule has 2 N–H and O–H groups in total. The summed E-state index contributed by atoms with van der Waals surface area (Å²) in [7, 11) is -1.54. The first kappa shape index (κ1) is 15.1. The van der Waals surface area contributed by atoms with Crippen molar-refractivity contribution in [3.63, 3.8) is 0 Å². The zero-order valence-electron chi connectivity index (χ0n) is 11.1. The smallest absolute Gasteiger partial charge is 0.214 e. The van der Waals surface area contributed by atoms with Gasteiger partial charge in [-0.15, -0.1) is 0 Å². The van der Waals surface area contributed by atoms with Crippen LogP contribution in [0.25, 0.3) is 0 Å². The molecule has 0 aliphatic carbocycles. The van der Waals surface area contributed by atoms with E-state index in [4.69, 9.17) is 5.73 Å². The normalized spacial score (nSPS) is 12.0. The molecule has 0 aliphatic heterocycles. The molecule has 102 valence electrons. The zero-order valence-corrected chi connectivity index (χ0v) is 11.9. The van der Waals surface area contributed by atoms with Crippen molar-refractivity contribution in [2.45, 2.75) is 26.3 Å². The van der Waals surface area contributed by atoms with Crippen LogP contribution in [0.1, 0.15) is 24.0 Å². The standard InChI is InChI=1S/C13H22N2O2S/c1-12-6-5-7-13(10-12)11-15(2)18(16,17)9-4-3-8-14/h5-7,10H,3-4,8-9,11,14H2,1-2H3. The molecule has 0 heterocycles. The zero-order chi connectivity index (χ0) is 13.6. The van der Waals surface area contributed by atoms with Crippen molar-refractivity contribution in [3.05, 3.63) is 35.4 Å². The highest BCUT2D eigenvalue weighted by atomic mass is 32.2. The average molecular weight is 270 g/mol. The lowest BCUT2D eigenvalue weighted by molar-refractivity contribution is 0.464. The van der Waals surface area contributed by atoms with Crippen LogP contribution in [-0.4, -0.2) is 32.1 Å². The van der Waals surface area contributed by atoms with Crippen LogP contribution >= 0.6 is 0 Å². The molecule has 0 saturated carbocycles. The van der Waals surface area contributed by atoms with Crippen molar-refractivity contribution in [2.75, 3.05) is 19.3 Å². The summed E-state index contributed by atoms with van der Waals surface area (Å²) in [6, 6.07) is 7.89. The Morgan fingerprint density at radius 3 is 2.61 bits per heavy atom. The fourth-order valence-corrected chi connectivity index (χ4v) is 2.98. The summed E-state index contributed by atoms with van der Waals surface area (Å²) in [4.78, 5) is 0. The Morgan fingerprint density at radius 2 is 2.00 bits per heavy atom. The van der Waals surface area contributed by atoms with Gasteiger partial charge < -0.3 is 5.73 Å². The van der Waals surface area contributed by atoms with Gasteiger partial charge in [-0.2, -0.15) is 0 Å². The lowest BCUT2D eigenvalue weighted by Crippen LogP contribution is -2.29. The van der Waals surface area contributed by atoms with Crippen LogP contribution in [0.4, 0.5) is 0 Å². The number of unbranched alkanes of at least 4 members (excludes halogenated alkanes) is 1. The highest BCUT2D eigenvalue weighted by Crippen LogP contribution is 2.10. The monoisotopic (exact) mass is 270 g/mol. The second-order valence-corrected chi connectivity index (χ2v) is 6.75. The number of nitrogens with two attached hydrogens (primary N) is 1. The maximum Gasteiger partial charge on any atom is 0.214 e. The van der Waals surface area contributed by atoms with E-state index in [9.17, 15) is 8.42 Å². The lowest BCUT2D eigenvalue weighted by atomic mass is 10.1. The molecule has 5 heteroatoms. The number of hydrogen-bond acceptors (Lipinski definition) is 3. The van der Waals surface area contributed by atoms with Crippen molar-refractivity contribution in [1.82, 2.24) is 4.31 Å². The van der Waals surface area contributed by atoms with Gasteiger partial charge in [0.15, 0.2) is 0 Å². The minimum atomic E-state index is -3.17. The van der Waals surface area contributed by atoms with Crippen LogP contribution in [0.2, 0.25) is 0 Å². The molecule has 0 radical (unpaired) electrons. The van der Waals surface area contributed by atoms with Crippen molar-refractivity contribution in [1.29, 1.82) is 0 Å². The molecule has 0 spiro atoms. The maximum absolute atomic E-state index is 12.0. The maximum atomic E-state index is 12.0. The van der Waals surface area contributed by atoms with Crippen LogP contribution in [-0.2, 0) is 16.6 Å². The quantitative estimate of drug-likeness (QED) is 0.764. The molecule has 1 rings (SSSR count). The third kappa shape index (κ3) is 4.76. The number of sulfonamides is 1. The SMILES string of the molecule is Cc1cccc(CN(C)S(=O)(=O)CCCCN)c1. The van der Waals surface area contributed by atoms with Gasteiger partial charge in [0.1, 0.15) is 0 Å². The van der Waals surface area contributed by atoms with E-state index in [2.05, 4.69) is 0 Å². The topological polar surface area (TPSA) is 63.4 Å². The molecule has 1 aromatic carbocycles. The summed E-state index contributed by atoms with van der Waals surface area (Å²) >= 11 is 0. The van der Waals surface area contributed by atoms with Gasteiger partial charge in [0.25, 0.3) is 0 Å². The predicted molar refractivity (Wildman–Crippen MR) is 74.7 cm³/mol. The van der Waals surface area contributed by atoms with Crippen LogP contribution in [0.3, 0.4) is 0 Å². The van der Waals surface area contributed by atoms with Gasteiger partial charge in [-0.3, -0.25) is 0 Å². The number of hydrogen-bond donors (Lipinski definition) is 1. The van der Waals surface area contributed by atoms with Crippen molar-refractivity contribution in [3.8, 4) is 0 Å². The van der Waals surface area contributed by atoms with E-state index in [-0.39, 0.29) is 5.75 Å².